The SMILES string of the molecule is CNc1cc(C)c2n[nH]c(C)c2c1.C[C@@H]1CCO1.C[C@@]1(c2ccc(Cl)cn2)Oc2cccc(C3=CCN(Cc4nc5ccc(C=O)cc5[nH]4)CC3)c2O1. The number of hydrogen-bond acceptors (Lipinski definition) is 9. The lowest BCUT2D eigenvalue weighted by atomic mass is 9.98. The van der Waals surface area contributed by atoms with E-state index in [0.717, 1.165) is 77.5 Å². The molecule has 3 N–H and O–H groups in total. The molecule has 53 heavy (non-hydrogen) atoms. The van der Waals surface area contributed by atoms with Gasteiger partial charge in [0.15, 0.2) is 11.5 Å². The Hall–Kier alpha value is -5.23. The molecule has 0 aliphatic carbocycles. The number of aromatic amines is 2. The van der Waals surface area contributed by atoms with Crippen LogP contribution < -0.4 is 14.8 Å². The molecular formula is C41H44ClN7O4. The lowest BCUT2D eigenvalue weighted by molar-refractivity contribution is -0.0718. The van der Waals surface area contributed by atoms with Crippen molar-refractivity contribution in [3.05, 3.63) is 112 Å². The van der Waals surface area contributed by atoms with Crippen molar-refractivity contribution in [2.24, 2.45) is 0 Å². The lowest BCUT2D eigenvalue weighted by Gasteiger charge is -2.26. The average molecular weight is 734 g/mol. The molecule has 12 heteroatoms. The Balaban J connectivity index is 0.000000197. The van der Waals surface area contributed by atoms with Gasteiger partial charge in [0.2, 0.25) is 0 Å². The molecule has 1 saturated heterocycles. The topological polar surface area (TPSA) is 130 Å². The van der Waals surface area contributed by atoms with Gasteiger partial charge >= 0.3 is 0 Å². The minimum atomic E-state index is -1.00. The van der Waals surface area contributed by atoms with E-state index in [9.17, 15) is 4.79 Å². The second-order valence-electron chi connectivity index (χ2n) is 13.7. The van der Waals surface area contributed by atoms with Gasteiger partial charge in [-0.05, 0) is 93.3 Å². The minimum absolute atomic E-state index is 0.565. The van der Waals surface area contributed by atoms with Crippen LogP contribution in [0.3, 0.4) is 0 Å². The lowest BCUT2D eigenvalue weighted by Crippen LogP contribution is -2.32. The van der Waals surface area contributed by atoms with Crippen LogP contribution in [0.5, 0.6) is 11.5 Å². The molecule has 9 rings (SSSR count). The monoisotopic (exact) mass is 733 g/mol. The number of nitrogens with one attached hydrogen (secondary N) is 3. The number of H-pyrrole nitrogens is 2. The highest BCUT2D eigenvalue weighted by molar-refractivity contribution is 6.30. The number of carbonyl (C=O) groups excluding carboxylic acids is 1. The van der Waals surface area contributed by atoms with Crippen molar-refractivity contribution >= 4 is 51.1 Å². The molecule has 0 radical (unpaired) electrons. The highest BCUT2D eigenvalue weighted by atomic mass is 35.5. The first kappa shape index (κ1) is 36.1. The first-order chi connectivity index (χ1) is 25.6. The van der Waals surface area contributed by atoms with Gasteiger partial charge in [0.05, 0.1) is 34.2 Å². The van der Waals surface area contributed by atoms with E-state index in [4.69, 9.17) is 25.8 Å². The third-order valence-electron chi connectivity index (χ3n) is 9.73. The van der Waals surface area contributed by atoms with E-state index in [1.165, 1.54) is 22.9 Å². The van der Waals surface area contributed by atoms with Gasteiger partial charge in [0.1, 0.15) is 17.8 Å². The summed E-state index contributed by atoms with van der Waals surface area (Å²) in [5.41, 5.74) is 9.86. The van der Waals surface area contributed by atoms with Crippen LogP contribution in [0, 0.1) is 13.8 Å². The molecule has 6 aromatic rings. The summed E-state index contributed by atoms with van der Waals surface area (Å²) >= 11 is 6.00. The maximum absolute atomic E-state index is 11.0. The van der Waals surface area contributed by atoms with Gasteiger partial charge in [0.25, 0.3) is 5.79 Å². The van der Waals surface area contributed by atoms with E-state index < -0.39 is 5.79 Å². The molecule has 274 valence electrons. The fourth-order valence-corrected chi connectivity index (χ4v) is 6.69. The Morgan fingerprint density at radius 2 is 1.94 bits per heavy atom. The number of hydrogen-bond donors (Lipinski definition) is 3. The summed E-state index contributed by atoms with van der Waals surface area (Å²) in [5.74, 6) is 1.34. The van der Waals surface area contributed by atoms with Crippen molar-refractivity contribution in [3.63, 3.8) is 0 Å². The molecule has 0 amide bonds. The summed E-state index contributed by atoms with van der Waals surface area (Å²) in [4.78, 5) is 25.8. The first-order valence-electron chi connectivity index (χ1n) is 17.9. The van der Waals surface area contributed by atoms with Crippen LogP contribution in [0.15, 0.2) is 72.9 Å². The fraction of sp³-hybridized carbons (Fsp3) is 0.317. The van der Waals surface area contributed by atoms with E-state index in [2.05, 4.69) is 73.5 Å². The van der Waals surface area contributed by atoms with Crippen molar-refractivity contribution in [2.75, 3.05) is 32.1 Å². The Morgan fingerprint density at radius 1 is 1.11 bits per heavy atom. The van der Waals surface area contributed by atoms with E-state index in [0.29, 0.717) is 34.7 Å². The number of aldehydes is 1. The minimum Gasteiger partial charge on any atom is -0.443 e. The number of nitrogens with zero attached hydrogens (tertiary/aromatic N) is 4. The molecule has 0 spiro atoms. The van der Waals surface area contributed by atoms with Crippen molar-refractivity contribution in [2.45, 2.75) is 59.0 Å². The molecule has 11 nitrogen and oxygen atoms in total. The predicted molar refractivity (Wildman–Crippen MR) is 209 cm³/mol. The number of para-hydroxylation sites is 1. The molecule has 3 aromatic heterocycles. The van der Waals surface area contributed by atoms with Crippen LogP contribution in [-0.4, -0.2) is 69.2 Å². The molecule has 2 atom stereocenters. The number of aromatic nitrogens is 5. The molecule has 0 bridgehead atoms. The number of aryl methyl sites for hydroxylation is 2. The zero-order valence-electron chi connectivity index (χ0n) is 30.6. The number of pyridine rings is 1. The van der Waals surface area contributed by atoms with E-state index in [1.807, 2.05) is 51.2 Å². The number of imidazole rings is 1. The first-order valence-corrected chi connectivity index (χ1v) is 18.2. The normalized spacial score (nSPS) is 19.1. The highest BCUT2D eigenvalue weighted by Crippen LogP contribution is 2.48. The van der Waals surface area contributed by atoms with Crippen LogP contribution in [0.4, 0.5) is 5.69 Å². The molecule has 1 fully saturated rings. The van der Waals surface area contributed by atoms with Gasteiger partial charge in [-0.2, -0.15) is 5.10 Å². The van der Waals surface area contributed by atoms with Crippen molar-refractivity contribution in [1.29, 1.82) is 0 Å². The summed E-state index contributed by atoms with van der Waals surface area (Å²) in [7, 11) is 1.93. The van der Waals surface area contributed by atoms with Gasteiger partial charge in [-0.15, -0.1) is 0 Å². The smallest absolute Gasteiger partial charge is 0.292 e. The van der Waals surface area contributed by atoms with Crippen molar-refractivity contribution < 1.29 is 19.0 Å². The van der Waals surface area contributed by atoms with E-state index >= 15 is 0 Å². The predicted octanol–water partition coefficient (Wildman–Crippen LogP) is 8.37. The van der Waals surface area contributed by atoms with Gasteiger partial charge in [-0.25, -0.2) is 4.98 Å². The Morgan fingerprint density at radius 3 is 2.62 bits per heavy atom. The quantitative estimate of drug-likeness (QED) is 0.145. The molecule has 6 heterocycles. The van der Waals surface area contributed by atoms with Crippen LogP contribution in [0.1, 0.15) is 65.4 Å². The summed E-state index contributed by atoms with van der Waals surface area (Å²) < 4.78 is 17.5. The van der Waals surface area contributed by atoms with Gasteiger partial charge in [-0.1, -0.05) is 29.8 Å². The summed E-state index contributed by atoms with van der Waals surface area (Å²) in [6.45, 7) is 11.5. The van der Waals surface area contributed by atoms with Gasteiger partial charge < -0.3 is 24.5 Å². The number of rotatable bonds is 6. The summed E-state index contributed by atoms with van der Waals surface area (Å²) in [6, 6.07) is 19.3. The second-order valence-corrected chi connectivity index (χ2v) is 14.1. The zero-order valence-corrected chi connectivity index (χ0v) is 31.4. The van der Waals surface area contributed by atoms with Crippen LogP contribution in [0.25, 0.3) is 27.5 Å². The molecule has 3 aromatic carbocycles. The number of carbonyl (C=O) groups is 1. The second kappa shape index (κ2) is 15.4. The van der Waals surface area contributed by atoms with E-state index in [-0.39, 0.29) is 0 Å². The van der Waals surface area contributed by atoms with Gasteiger partial charge in [-0.3, -0.25) is 19.8 Å². The Bertz CT molecular complexity index is 2280. The Kier molecular flexibility index (Phi) is 10.5. The largest absolute Gasteiger partial charge is 0.443 e. The molecule has 0 saturated carbocycles. The van der Waals surface area contributed by atoms with Crippen LogP contribution >= 0.6 is 11.6 Å². The van der Waals surface area contributed by atoms with E-state index in [1.54, 1.807) is 18.3 Å². The number of fused-ring (bicyclic) bond motifs is 3. The highest BCUT2D eigenvalue weighted by Gasteiger charge is 2.41. The molecule has 3 aliphatic heterocycles. The number of benzene rings is 3. The third-order valence-corrected chi connectivity index (χ3v) is 9.96. The number of anilines is 1. The maximum Gasteiger partial charge on any atom is 0.292 e. The Labute approximate surface area is 313 Å². The average Bonchev–Trinajstić information content (AvgIpc) is 3.85. The zero-order chi connectivity index (χ0) is 37.1. The summed E-state index contributed by atoms with van der Waals surface area (Å²) in [6.07, 6.45) is 7.40. The molecule has 3 aliphatic rings. The molecule has 0 unspecified atom stereocenters. The standard InChI is InChI=1S/C27H23ClN4O3.C10H13N3.C4H8O/c1-27(24-8-6-19(28)14-29-24)34-23-4-2-3-20(26(23)35-27)18-9-11-32(12-10-18)15-25-30-21-7-5-17(16-33)13-22(21)31-25;1-6-4-8(11-3)5-9-7(2)12-13-10(6)9;1-4-2-3-5-4/h2-9,13-14,16H,10-12,15H2,1H3,(H,30,31);4-5,11H,1-3H3,(H,12,13);4H,2-3H2,1H3/t27-;;4-/m1.1/s1. The number of ether oxygens (including phenoxy) is 3. The summed E-state index contributed by atoms with van der Waals surface area (Å²) in [5, 5.41) is 12.1. The third kappa shape index (κ3) is 7.92. The number of halogens is 1. The van der Waals surface area contributed by atoms with Crippen LogP contribution in [-0.2, 0) is 17.1 Å². The van der Waals surface area contributed by atoms with Crippen molar-refractivity contribution in [1.82, 2.24) is 30.0 Å². The fourth-order valence-electron chi connectivity index (χ4n) is 6.58. The maximum atomic E-state index is 11.0. The van der Waals surface area contributed by atoms with Crippen molar-refractivity contribution in [3.8, 4) is 11.5 Å². The van der Waals surface area contributed by atoms with Gasteiger partial charge in [0, 0.05) is 67.8 Å². The van der Waals surface area contributed by atoms with Crippen LogP contribution in [0.2, 0.25) is 5.02 Å². The molecular weight excluding hydrogens is 690 g/mol.